The van der Waals surface area contributed by atoms with E-state index in [9.17, 15) is 18.0 Å². The van der Waals surface area contributed by atoms with Crippen LogP contribution in [-0.2, 0) is 26.2 Å². The topological polar surface area (TPSA) is 96.0 Å². The number of nitrogens with zero attached hydrogens (tertiary/aromatic N) is 2. The fourth-order valence-electron chi connectivity index (χ4n) is 4.01. The lowest BCUT2D eigenvalue weighted by Gasteiger charge is -2.32. The molecule has 0 aromatic heterocycles. The summed E-state index contributed by atoms with van der Waals surface area (Å²) in [6.07, 6.45) is 0.706. The van der Waals surface area contributed by atoms with Gasteiger partial charge in [-0.2, -0.15) is 0 Å². The Hall–Kier alpha value is -3.27. The Bertz CT molecular complexity index is 1480. The SMILES string of the molecule is CCC(C)NC(=O)C(C)N(Cc1ccc(Cl)c(Cl)c1)C(=O)CN(c1cccc(OC)c1)S(=O)(=O)c1ccc(C)cc1. The number of anilines is 1. The van der Waals surface area contributed by atoms with E-state index >= 15 is 0 Å². The maximum absolute atomic E-state index is 14.0. The number of carbonyl (C=O) groups excluding carboxylic acids is 2. The van der Waals surface area contributed by atoms with Gasteiger partial charge in [0.1, 0.15) is 18.3 Å². The number of aryl methyl sites for hydroxylation is 1. The molecular weight excluding hydrogens is 585 g/mol. The number of amides is 2. The fourth-order valence-corrected chi connectivity index (χ4v) is 5.74. The van der Waals surface area contributed by atoms with E-state index in [1.807, 2.05) is 20.8 Å². The Morgan fingerprint density at radius 1 is 0.976 bits per heavy atom. The lowest BCUT2D eigenvalue weighted by atomic mass is 10.1. The van der Waals surface area contributed by atoms with Gasteiger partial charge in [0, 0.05) is 18.7 Å². The van der Waals surface area contributed by atoms with Crippen molar-refractivity contribution in [1.29, 1.82) is 0 Å². The van der Waals surface area contributed by atoms with Crippen molar-refractivity contribution in [2.24, 2.45) is 0 Å². The fraction of sp³-hybridized carbons (Fsp3) is 0.333. The summed E-state index contributed by atoms with van der Waals surface area (Å²) in [4.78, 5) is 28.5. The average molecular weight is 621 g/mol. The predicted molar refractivity (Wildman–Crippen MR) is 163 cm³/mol. The minimum absolute atomic E-state index is 0.00133. The van der Waals surface area contributed by atoms with E-state index < -0.39 is 28.5 Å². The van der Waals surface area contributed by atoms with Crippen LogP contribution in [0.1, 0.15) is 38.3 Å². The summed E-state index contributed by atoms with van der Waals surface area (Å²) >= 11 is 12.3. The summed E-state index contributed by atoms with van der Waals surface area (Å²) in [6, 6.07) is 16.7. The summed E-state index contributed by atoms with van der Waals surface area (Å²) in [5.41, 5.74) is 1.76. The molecule has 0 saturated heterocycles. The van der Waals surface area contributed by atoms with E-state index in [1.54, 1.807) is 61.5 Å². The van der Waals surface area contributed by atoms with Crippen LogP contribution in [0.15, 0.2) is 71.6 Å². The van der Waals surface area contributed by atoms with Crippen LogP contribution in [0.4, 0.5) is 5.69 Å². The third-order valence-electron chi connectivity index (χ3n) is 6.73. The van der Waals surface area contributed by atoms with Crippen LogP contribution in [0.3, 0.4) is 0 Å². The molecule has 1 N–H and O–H groups in total. The second kappa shape index (κ2) is 14.1. The third-order valence-corrected chi connectivity index (χ3v) is 9.26. The van der Waals surface area contributed by atoms with Gasteiger partial charge >= 0.3 is 0 Å². The Morgan fingerprint density at radius 2 is 1.66 bits per heavy atom. The first-order valence-electron chi connectivity index (χ1n) is 13.1. The second-order valence-electron chi connectivity index (χ2n) is 9.79. The quantitative estimate of drug-likeness (QED) is 0.275. The zero-order valence-electron chi connectivity index (χ0n) is 23.7. The molecule has 0 radical (unpaired) electrons. The number of ether oxygens (including phenoxy) is 1. The Balaban J connectivity index is 2.06. The van der Waals surface area contributed by atoms with Crippen molar-refractivity contribution in [3.63, 3.8) is 0 Å². The highest BCUT2D eigenvalue weighted by atomic mass is 35.5. The van der Waals surface area contributed by atoms with Crippen molar-refractivity contribution in [2.75, 3.05) is 18.0 Å². The van der Waals surface area contributed by atoms with Crippen LogP contribution in [0.2, 0.25) is 10.0 Å². The zero-order valence-corrected chi connectivity index (χ0v) is 26.1. The van der Waals surface area contributed by atoms with Gasteiger partial charge in [-0.1, -0.05) is 60.0 Å². The van der Waals surface area contributed by atoms with Gasteiger partial charge in [-0.25, -0.2) is 8.42 Å². The van der Waals surface area contributed by atoms with Gasteiger partial charge in [-0.3, -0.25) is 13.9 Å². The van der Waals surface area contributed by atoms with Crippen molar-refractivity contribution in [3.05, 3.63) is 87.9 Å². The molecule has 0 saturated carbocycles. The molecule has 0 bridgehead atoms. The number of nitrogens with one attached hydrogen (secondary N) is 1. The van der Waals surface area contributed by atoms with E-state index in [0.717, 1.165) is 9.87 Å². The van der Waals surface area contributed by atoms with E-state index in [1.165, 1.54) is 24.1 Å². The lowest BCUT2D eigenvalue weighted by Crippen LogP contribution is -2.52. The molecule has 0 aliphatic rings. The number of hydrogen-bond donors (Lipinski definition) is 1. The first-order chi connectivity index (χ1) is 19.4. The summed E-state index contributed by atoms with van der Waals surface area (Å²) in [7, 11) is -2.72. The van der Waals surface area contributed by atoms with Crippen LogP contribution >= 0.6 is 23.2 Å². The smallest absolute Gasteiger partial charge is 0.264 e. The first-order valence-corrected chi connectivity index (χ1v) is 15.3. The Labute approximate surface area is 252 Å². The van der Waals surface area contributed by atoms with Crippen molar-refractivity contribution in [2.45, 2.75) is 57.6 Å². The summed E-state index contributed by atoms with van der Waals surface area (Å²) in [5.74, 6) is -0.517. The highest BCUT2D eigenvalue weighted by Gasteiger charge is 2.33. The minimum Gasteiger partial charge on any atom is -0.497 e. The van der Waals surface area contributed by atoms with Crippen LogP contribution < -0.4 is 14.4 Å². The monoisotopic (exact) mass is 619 g/mol. The van der Waals surface area contributed by atoms with Gasteiger partial charge in [-0.15, -0.1) is 0 Å². The molecular formula is C30H35Cl2N3O5S. The molecule has 0 fully saturated rings. The van der Waals surface area contributed by atoms with Gasteiger partial charge in [0.15, 0.2) is 0 Å². The molecule has 3 aromatic rings. The number of carbonyl (C=O) groups is 2. The molecule has 0 aliphatic carbocycles. The van der Waals surface area contributed by atoms with Gasteiger partial charge in [0.2, 0.25) is 11.8 Å². The number of rotatable bonds is 12. The normalized spacial score (nSPS) is 12.8. The Kier molecular flexibility index (Phi) is 11.1. The summed E-state index contributed by atoms with van der Waals surface area (Å²) in [5, 5.41) is 3.55. The molecule has 3 rings (SSSR count). The molecule has 2 atom stereocenters. The highest BCUT2D eigenvalue weighted by molar-refractivity contribution is 7.92. The van der Waals surface area contributed by atoms with Gasteiger partial charge in [0.25, 0.3) is 10.0 Å². The molecule has 0 spiro atoms. The van der Waals surface area contributed by atoms with E-state index in [0.29, 0.717) is 27.8 Å². The average Bonchev–Trinajstić information content (AvgIpc) is 2.95. The van der Waals surface area contributed by atoms with Gasteiger partial charge in [0.05, 0.1) is 27.7 Å². The van der Waals surface area contributed by atoms with E-state index in [4.69, 9.17) is 27.9 Å². The Morgan fingerprint density at radius 3 is 2.27 bits per heavy atom. The summed E-state index contributed by atoms with van der Waals surface area (Å²) < 4.78 is 34.2. The van der Waals surface area contributed by atoms with Crippen molar-refractivity contribution < 1.29 is 22.7 Å². The summed E-state index contributed by atoms with van der Waals surface area (Å²) in [6.45, 7) is 6.71. The molecule has 2 unspecified atom stereocenters. The number of sulfonamides is 1. The van der Waals surface area contributed by atoms with E-state index in [2.05, 4.69) is 5.32 Å². The largest absolute Gasteiger partial charge is 0.497 e. The predicted octanol–water partition coefficient (Wildman–Crippen LogP) is 5.84. The second-order valence-corrected chi connectivity index (χ2v) is 12.5. The van der Waals surface area contributed by atoms with Gasteiger partial charge in [-0.05, 0) is 69.2 Å². The molecule has 220 valence electrons. The van der Waals surface area contributed by atoms with Crippen LogP contribution in [-0.4, -0.2) is 50.9 Å². The number of halogens is 2. The molecule has 0 aliphatic heterocycles. The van der Waals surface area contributed by atoms with Crippen molar-refractivity contribution in [3.8, 4) is 5.75 Å². The first kappa shape index (κ1) is 32.2. The molecule has 11 heteroatoms. The van der Waals surface area contributed by atoms with E-state index in [-0.39, 0.29) is 29.1 Å². The minimum atomic E-state index is -4.19. The molecule has 8 nitrogen and oxygen atoms in total. The number of benzene rings is 3. The lowest BCUT2D eigenvalue weighted by molar-refractivity contribution is -0.139. The van der Waals surface area contributed by atoms with Crippen LogP contribution in [0, 0.1) is 6.92 Å². The number of hydrogen-bond acceptors (Lipinski definition) is 5. The third kappa shape index (κ3) is 8.15. The maximum atomic E-state index is 14.0. The molecule has 3 aromatic carbocycles. The van der Waals surface area contributed by atoms with Crippen LogP contribution in [0.25, 0.3) is 0 Å². The maximum Gasteiger partial charge on any atom is 0.264 e. The number of methoxy groups -OCH3 is 1. The molecule has 2 amide bonds. The standard InChI is InChI=1S/C30H35Cl2N3O5S/c1-6-21(3)33-30(37)22(4)34(18-23-12-15-27(31)28(32)16-23)29(36)19-35(24-8-7-9-25(17-24)40-5)41(38,39)26-13-10-20(2)11-14-26/h7-17,21-22H,6,18-19H2,1-5H3,(H,33,37). The van der Waals surface area contributed by atoms with Crippen LogP contribution in [0.5, 0.6) is 5.75 Å². The zero-order chi connectivity index (χ0) is 30.3. The molecule has 41 heavy (non-hydrogen) atoms. The molecule has 0 heterocycles. The van der Waals surface area contributed by atoms with Gasteiger partial charge < -0.3 is 15.0 Å². The van der Waals surface area contributed by atoms with Crippen molar-refractivity contribution >= 4 is 50.7 Å². The van der Waals surface area contributed by atoms with Crippen molar-refractivity contribution in [1.82, 2.24) is 10.2 Å². The highest BCUT2D eigenvalue weighted by Crippen LogP contribution is 2.28.